The standard InChI is InChI=1S/C51H34N4/c1-3-13-35(14-4-1)37-23-29-40(30-24-37)49-52-50(41-31-25-38(26-32-41)36-15-5-2-6-16-36)54-51(53-49)42-33-27-39(28-34-42)43-17-7-10-20-46(43)55-47-21-11-8-18-44(47)45-19-9-12-22-48(45)55/h1-34H/i23D,24D,29D,30D. The maximum absolute atomic E-state index is 9.14. The number of aromatic nitrogens is 4. The second kappa shape index (κ2) is 13.8. The summed E-state index contributed by atoms with van der Waals surface area (Å²) in [5.41, 5.74) is 9.79. The molecule has 0 fully saturated rings. The van der Waals surface area contributed by atoms with Crippen LogP contribution in [0.4, 0.5) is 0 Å². The zero-order valence-electron chi connectivity index (χ0n) is 33.6. The molecule has 258 valence electrons. The largest absolute Gasteiger partial charge is 0.309 e. The molecular weight excluding hydrogens is 669 g/mol. The third-order valence-electron chi connectivity index (χ3n) is 9.98. The third-order valence-corrected chi connectivity index (χ3v) is 9.98. The Labute approximate surface area is 325 Å². The van der Waals surface area contributed by atoms with Crippen molar-refractivity contribution in [2.75, 3.05) is 0 Å². The topological polar surface area (TPSA) is 43.6 Å². The summed E-state index contributed by atoms with van der Waals surface area (Å²) in [6.45, 7) is 0. The second-order valence-corrected chi connectivity index (χ2v) is 13.3. The predicted octanol–water partition coefficient (Wildman–Crippen LogP) is 13.0. The van der Waals surface area contributed by atoms with Gasteiger partial charge in [-0.25, -0.2) is 15.0 Å². The van der Waals surface area contributed by atoms with E-state index in [1.165, 1.54) is 10.8 Å². The maximum atomic E-state index is 9.14. The molecule has 10 rings (SSSR count). The van der Waals surface area contributed by atoms with Crippen molar-refractivity contribution in [1.82, 2.24) is 19.5 Å². The molecule has 0 spiro atoms. The Morgan fingerprint density at radius 2 is 0.691 bits per heavy atom. The van der Waals surface area contributed by atoms with E-state index in [9.17, 15) is 0 Å². The minimum absolute atomic E-state index is 0.0159. The van der Waals surface area contributed by atoms with E-state index in [0.717, 1.165) is 44.5 Å². The van der Waals surface area contributed by atoms with Gasteiger partial charge >= 0.3 is 0 Å². The molecule has 4 nitrogen and oxygen atoms in total. The average molecular weight is 707 g/mol. The third kappa shape index (κ3) is 6.06. The molecule has 0 aliphatic rings. The van der Waals surface area contributed by atoms with Gasteiger partial charge in [-0.1, -0.05) is 188 Å². The number of nitrogens with zero attached hydrogens (tertiary/aromatic N) is 4. The van der Waals surface area contributed by atoms with Crippen LogP contribution < -0.4 is 0 Å². The molecule has 0 aliphatic carbocycles. The van der Waals surface area contributed by atoms with Crippen LogP contribution in [0.15, 0.2) is 206 Å². The lowest BCUT2D eigenvalue weighted by Crippen LogP contribution is -2.00. The Bertz CT molecular complexity index is 3100. The predicted molar refractivity (Wildman–Crippen MR) is 227 cm³/mol. The highest BCUT2D eigenvalue weighted by Crippen LogP contribution is 2.37. The van der Waals surface area contributed by atoms with Crippen molar-refractivity contribution in [3.63, 3.8) is 0 Å². The highest BCUT2D eigenvalue weighted by Gasteiger charge is 2.17. The normalized spacial score (nSPS) is 12.3. The quantitative estimate of drug-likeness (QED) is 0.166. The van der Waals surface area contributed by atoms with E-state index in [-0.39, 0.29) is 41.1 Å². The van der Waals surface area contributed by atoms with Crippen molar-refractivity contribution in [1.29, 1.82) is 0 Å². The molecule has 0 amide bonds. The van der Waals surface area contributed by atoms with Crippen LogP contribution in [0, 0.1) is 0 Å². The van der Waals surface area contributed by atoms with Gasteiger partial charge in [0.1, 0.15) is 0 Å². The molecule has 2 aromatic heterocycles. The molecule has 10 aromatic rings. The number of hydrogen-bond donors (Lipinski definition) is 0. The second-order valence-electron chi connectivity index (χ2n) is 13.3. The SMILES string of the molecule is [2H]c1c([2H])c(-c2nc(-c3ccc(-c4ccccc4)cc3)nc(-c3ccc(-c4ccccc4-n4c5ccccc5c5ccccc54)cc3)n2)c([2H])c([2H])c1-c1ccccc1. The fraction of sp³-hybridized carbons (Fsp3) is 0. The van der Waals surface area contributed by atoms with Gasteiger partial charge < -0.3 is 4.57 Å². The first kappa shape index (κ1) is 28.1. The highest BCUT2D eigenvalue weighted by atomic mass is 15.0. The van der Waals surface area contributed by atoms with Gasteiger partial charge in [0, 0.05) is 33.0 Å². The van der Waals surface area contributed by atoms with E-state index >= 15 is 0 Å². The molecule has 0 saturated carbocycles. The Balaban J connectivity index is 1.10. The summed E-state index contributed by atoms with van der Waals surface area (Å²) in [7, 11) is 0. The highest BCUT2D eigenvalue weighted by molar-refractivity contribution is 6.09. The van der Waals surface area contributed by atoms with Crippen molar-refractivity contribution >= 4 is 21.8 Å². The smallest absolute Gasteiger partial charge is 0.164 e. The van der Waals surface area contributed by atoms with Crippen molar-refractivity contribution in [3.05, 3.63) is 206 Å². The number of para-hydroxylation sites is 3. The molecule has 0 atom stereocenters. The summed E-state index contributed by atoms with van der Waals surface area (Å²) in [5.74, 6) is 0.771. The van der Waals surface area contributed by atoms with Gasteiger partial charge in [0.15, 0.2) is 17.5 Å². The van der Waals surface area contributed by atoms with E-state index in [0.29, 0.717) is 22.8 Å². The van der Waals surface area contributed by atoms with Gasteiger partial charge in [0.2, 0.25) is 0 Å². The maximum Gasteiger partial charge on any atom is 0.164 e. The van der Waals surface area contributed by atoms with Crippen LogP contribution >= 0.6 is 0 Å². The average Bonchev–Trinajstić information content (AvgIpc) is 3.63. The van der Waals surface area contributed by atoms with E-state index in [2.05, 4.69) is 102 Å². The van der Waals surface area contributed by atoms with Crippen molar-refractivity contribution in [3.8, 4) is 73.2 Å². The Kier molecular flexibility index (Phi) is 7.08. The van der Waals surface area contributed by atoms with Gasteiger partial charge in [-0.2, -0.15) is 0 Å². The summed E-state index contributed by atoms with van der Waals surface area (Å²) < 4.78 is 38.6. The first-order valence-corrected chi connectivity index (χ1v) is 18.2. The van der Waals surface area contributed by atoms with Crippen LogP contribution in [0.1, 0.15) is 5.48 Å². The fourth-order valence-electron chi connectivity index (χ4n) is 7.26. The Hall–Kier alpha value is -7.43. The molecule has 0 N–H and O–H groups in total. The minimum atomic E-state index is -0.218. The summed E-state index contributed by atoms with van der Waals surface area (Å²) in [5, 5.41) is 2.39. The number of rotatable bonds is 7. The van der Waals surface area contributed by atoms with Crippen molar-refractivity contribution in [2.24, 2.45) is 0 Å². The van der Waals surface area contributed by atoms with Crippen molar-refractivity contribution < 1.29 is 5.48 Å². The minimum Gasteiger partial charge on any atom is -0.309 e. The Morgan fingerprint density at radius 3 is 1.25 bits per heavy atom. The van der Waals surface area contributed by atoms with Gasteiger partial charge in [-0.15, -0.1) is 0 Å². The zero-order valence-corrected chi connectivity index (χ0v) is 29.6. The van der Waals surface area contributed by atoms with Crippen LogP contribution in [0.25, 0.3) is 95.0 Å². The molecule has 0 unspecified atom stereocenters. The van der Waals surface area contributed by atoms with Crippen LogP contribution in [-0.2, 0) is 0 Å². The van der Waals surface area contributed by atoms with E-state index < -0.39 is 0 Å². The summed E-state index contributed by atoms with van der Waals surface area (Å²) in [4.78, 5) is 14.7. The monoisotopic (exact) mass is 706 g/mol. The molecule has 0 saturated heterocycles. The molecule has 2 heterocycles. The molecule has 0 bridgehead atoms. The van der Waals surface area contributed by atoms with Gasteiger partial charge in [-0.05, 0) is 46.0 Å². The van der Waals surface area contributed by atoms with Gasteiger partial charge in [0.25, 0.3) is 0 Å². The Morgan fingerprint density at radius 1 is 0.309 bits per heavy atom. The fourth-order valence-corrected chi connectivity index (χ4v) is 7.26. The van der Waals surface area contributed by atoms with E-state index in [1.54, 1.807) is 12.1 Å². The van der Waals surface area contributed by atoms with E-state index in [1.807, 2.05) is 72.8 Å². The molecule has 8 aromatic carbocycles. The summed E-state index contributed by atoms with van der Waals surface area (Å²) >= 11 is 0. The first-order valence-electron chi connectivity index (χ1n) is 20.2. The summed E-state index contributed by atoms with van der Waals surface area (Å²) in [6, 6.07) is 59.8. The first-order chi connectivity index (χ1) is 28.9. The zero-order chi connectivity index (χ0) is 40.0. The molecule has 55 heavy (non-hydrogen) atoms. The van der Waals surface area contributed by atoms with Gasteiger partial charge in [-0.3, -0.25) is 0 Å². The van der Waals surface area contributed by atoms with Gasteiger partial charge in [0.05, 0.1) is 22.2 Å². The van der Waals surface area contributed by atoms with Crippen LogP contribution in [0.5, 0.6) is 0 Å². The molecule has 4 heteroatoms. The lowest BCUT2D eigenvalue weighted by atomic mass is 10.0. The molecule has 0 radical (unpaired) electrons. The number of hydrogen-bond acceptors (Lipinski definition) is 3. The summed E-state index contributed by atoms with van der Waals surface area (Å²) in [6.07, 6.45) is 0. The lowest BCUT2D eigenvalue weighted by Gasteiger charge is -2.14. The number of fused-ring (bicyclic) bond motifs is 3. The van der Waals surface area contributed by atoms with Crippen LogP contribution in [-0.4, -0.2) is 19.5 Å². The molecule has 0 aliphatic heterocycles. The lowest BCUT2D eigenvalue weighted by molar-refractivity contribution is 1.07. The number of benzene rings is 8. The van der Waals surface area contributed by atoms with Crippen LogP contribution in [0.2, 0.25) is 0 Å². The van der Waals surface area contributed by atoms with Crippen LogP contribution in [0.3, 0.4) is 0 Å². The van der Waals surface area contributed by atoms with Crippen molar-refractivity contribution in [2.45, 2.75) is 0 Å². The van der Waals surface area contributed by atoms with E-state index in [4.69, 9.17) is 20.4 Å². The molecular formula is C51H34N4.